The van der Waals surface area contributed by atoms with Crippen LogP contribution in [0, 0.1) is 13.8 Å². The molecule has 0 bridgehead atoms. The molecule has 128 valence electrons. The van der Waals surface area contributed by atoms with Crippen LogP contribution in [-0.2, 0) is 0 Å². The lowest BCUT2D eigenvalue weighted by atomic mass is 10.0. The number of nitrogens with one attached hydrogen (secondary N) is 2. The van der Waals surface area contributed by atoms with E-state index in [0.29, 0.717) is 19.1 Å². The Labute approximate surface area is 144 Å². The van der Waals surface area contributed by atoms with E-state index in [9.17, 15) is 4.79 Å². The van der Waals surface area contributed by atoms with Gasteiger partial charge in [0.05, 0.1) is 6.54 Å². The van der Waals surface area contributed by atoms with Crippen LogP contribution in [0.3, 0.4) is 0 Å². The van der Waals surface area contributed by atoms with Gasteiger partial charge < -0.3 is 15.4 Å². The number of ether oxygens (including phenoxy) is 1. The van der Waals surface area contributed by atoms with E-state index in [-0.39, 0.29) is 6.03 Å². The first-order chi connectivity index (χ1) is 11.5. The number of benzene rings is 2. The maximum atomic E-state index is 12.1. The number of para-hydroxylation sites is 2. The number of urea groups is 1. The summed E-state index contributed by atoms with van der Waals surface area (Å²) in [5.41, 5.74) is 4.18. The van der Waals surface area contributed by atoms with Crippen molar-refractivity contribution < 1.29 is 9.53 Å². The van der Waals surface area contributed by atoms with E-state index in [2.05, 4.69) is 24.5 Å². The minimum atomic E-state index is -0.215. The fourth-order valence-electron chi connectivity index (χ4n) is 2.63. The molecule has 0 saturated carbocycles. The molecule has 2 aromatic rings. The van der Waals surface area contributed by atoms with Crippen LogP contribution in [0.15, 0.2) is 42.5 Å². The molecule has 0 aliphatic heterocycles. The van der Waals surface area contributed by atoms with Gasteiger partial charge in [-0.3, -0.25) is 0 Å². The Hall–Kier alpha value is -2.49. The first kappa shape index (κ1) is 17.9. The molecule has 0 radical (unpaired) electrons. The molecule has 2 aromatic carbocycles. The third-order valence-corrected chi connectivity index (χ3v) is 3.87. The van der Waals surface area contributed by atoms with Gasteiger partial charge in [0.2, 0.25) is 0 Å². The molecule has 2 N–H and O–H groups in total. The maximum absolute atomic E-state index is 12.1. The van der Waals surface area contributed by atoms with Gasteiger partial charge in [0.15, 0.2) is 0 Å². The summed E-state index contributed by atoms with van der Waals surface area (Å²) in [5, 5.41) is 5.74. The van der Waals surface area contributed by atoms with Crippen molar-refractivity contribution in [2.75, 3.05) is 18.5 Å². The number of amides is 2. The zero-order chi connectivity index (χ0) is 17.5. The van der Waals surface area contributed by atoms with Crippen molar-refractivity contribution in [2.45, 2.75) is 33.6 Å². The van der Waals surface area contributed by atoms with E-state index >= 15 is 0 Å². The van der Waals surface area contributed by atoms with Gasteiger partial charge in [0, 0.05) is 5.69 Å². The minimum Gasteiger partial charge on any atom is -0.491 e. The molecule has 2 amide bonds. The summed E-state index contributed by atoms with van der Waals surface area (Å²) in [4.78, 5) is 12.1. The molecule has 0 aromatic heterocycles. The van der Waals surface area contributed by atoms with Crippen LogP contribution in [0.2, 0.25) is 0 Å². The van der Waals surface area contributed by atoms with Crippen LogP contribution in [0.5, 0.6) is 5.75 Å². The smallest absolute Gasteiger partial charge is 0.319 e. The van der Waals surface area contributed by atoms with Crippen molar-refractivity contribution in [1.29, 1.82) is 0 Å². The number of rotatable bonds is 6. The van der Waals surface area contributed by atoms with Crippen LogP contribution in [0.4, 0.5) is 10.5 Å². The van der Waals surface area contributed by atoms with Crippen molar-refractivity contribution >= 4 is 11.7 Å². The lowest BCUT2D eigenvalue weighted by Gasteiger charge is -2.15. The Balaban J connectivity index is 1.82. The second kappa shape index (κ2) is 8.39. The van der Waals surface area contributed by atoms with Crippen LogP contribution >= 0.6 is 0 Å². The third-order valence-electron chi connectivity index (χ3n) is 3.87. The summed E-state index contributed by atoms with van der Waals surface area (Å²) in [6.45, 7) is 9.14. The molecule has 4 heteroatoms. The number of hydrogen-bond donors (Lipinski definition) is 2. The normalized spacial score (nSPS) is 10.5. The molecule has 0 spiro atoms. The fourth-order valence-corrected chi connectivity index (χ4v) is 2.63. The van der Waals surface area contributed by atoms with Gasteiger partial charge in [-0.1, -0.05) is 50.2 Å². The van der Waals surface area contributed by atoms with Crippen molar-refractivity contribution in [3.8, 4) is 5.75 Å². The quantitative estimate of drug-likeness (QED) is 0.761. The largest absolute Gasteiger partial charge is 0.491 e. The number of anilines is 1. The molecule has 24 heavy (non-hydrogen) atoms. The van der Waals surface area contributed by atoms with Crippen LogP contribution in [0.25, 0.3) is 0 Å². The molecular formula is C20H26N2O2. The summed E-state index contributed by atoms with van der Waals surface area (Å²) in [6, 6.07) is 13.7. The first-order valence-electron chi connectivity index (χ1n) is 8.32. The molecule has 0 fully saturated rings. The van der Waals surface area contributed by atoms with E-state index in [1.807, 2.05) is 56.3 Å². The monoisotopic (exact) mass is 326 g/mol. The van der Waals surface area contributed by atoms with Crippen LogP contribution < -0.4 is 15.4 Å². The van der Waals surface area contributed by atoms with Gasteiger partial charge in [0.1, 0.15) is 12.4 Å². The van der Waals surface area contributed by atoms with Gasteiger partial charge in [-0.05, 0) is 42.5 Å². The van der Waals surface area contributed by atoms with E-state index in [1.165, 1.54) is 0 Å². The zero-order valence-electron chi connectivity index (χ0n) is 14.8. The summed E-state index contributed by atoms with van der Waals surface area (Å²) in [6.07, 6.45) is 0. The second-order valence-electron chi connectivity index (χ2n) is 6.19. The molecule has 4 nitrogen and oxygen atoms in total. The number of hydrogen-bond acceptors (Lipinski definition) is 2. The van der Waals surface area contributed by atoms with Gasteiger partial charge in [0.25, 0.3) is 0 Å². The zero-order valence-corrected chi connectivity index (χ0v) is 14.8. The summed E-state index contributed by atoms with van der Waals surface area (Å²) in [5.74, 6) is 1.25. The van der Waals surface area contributed by atoms with Gasteiger partial charge in [-0.15, -0.1) is 0 Å². The Morgan fingerprint density at radius 3 is 2.38 bits per heavy atom. The summed E-state index contributed by atoms with van der Waals surface area (Å²) >= 11 is 0. The molecule has 0 unspecified atom stereocenters. The second-order valence-corrected chi connectivity index (χ2v) is 6.19. The van der Waals surface area contributed by atoms with Crippen molar-refractivity contribution in [2.24, 2.45) is 0 Å². The molecule has 0 heterocycles. The lowest BCUT2D eigenvalue weighted by molar-refractivity contribution is 0.247. The van der Waals surface area contributed by atoms with E-state index < -0.39 is 0 Å². The highest BCUT2D eigenvalue weighted by atomic mass is 16.5. The molecule has 0 aliphatic carbocycles. The summed E-state index contributed by atoms with van der Waals surface area (Å²) < 4.78 is 5.79. The molecule has 0 saturated heterocycles. The van der Waals surface area contributed by atoms with E-state index in [1.54, 1.807) is 0 Å². The SMILES string of the molecule is Cc1cccc(C)c1OCCNC(=O)Nc1ccccc1C(C)C. The Kier molecular flexibility index (Phi) is 6.24. The fraction of sp³-hybridized carbons (Fsp3) is 0.350. The highest BCUT2D eigenvalue weighted by molar-refractivity contribution is 5.90. The molecular weight excluding hydrogens is 300 g/mol. The van der Waals surface area contributed by atoms with Crippen LogP contribution in [0.1, 0.15) is 36.5 Å². The Morgan fingerprint density at radius 1 is 1.04 bits per heavy atom. The van der Waals surface area contributed by atoms with E-state index in [0.717, 1.165) is 28.1 Å². The Bertz CT molecular complexity index is 676. The first-order valence-corrected chi connectivity index (χ1v) is 8.32. The van der Waals surface area contributed by atoms with Gasteiger partial charge in [-0.25, -0.2) is 4.79 Å². The lowest BCUT2D eigenvalue weighted by Crippen LogP contribution is -2.32. The summed E-state index contributed by atoms with van der Waals surface area (Å²) in [7, 11) is 0. The van der Waals surface area contributed by atoms with Gasteiger partial charge in [-0.2, -0.15) is 0 Å². The predicted octanol–water partition coefficient (Wildman–Crippen LogP) is 4.63. The third kappa shape index (κ3) is 4.75. The highest BCUT2D eigenvalue weighted by Crippen LogP contribution is 2.23. The van der Waals surface area contributed by atoms with Gasteiger partial charge >= 0.3 is 6.03 Å². The molecule has 0 atom stereocenters. The van der Waals surface area contributed by atoms with E-state index in [4.69, 9.17) is 4.74 Å². The number of carbonyl (C=O) groups excluding carboxylic acids is 1. The molecule has 0 aliphatic rings. The Morgan fingerprint density at radius 2 is 1.71 bits per heavy atom. The maximum Gasteiger partial charge on any atom is 0.319 e. The van der Waals surface area contributed by atoms with Crippen molar-refractivity contribution in [1.82, 2.24) is 5.32 Å². The van der Waals surface area contributed by atoms with Crippen molar-refractivity contribution in [3.63, 3.8) is 0 Å². The predicted molar refractivity (Wildman–Crippen MR) is 99.0 cm³/mol. The number of carbonyl (C=O) groups is 1. The topological polar surface area (TPSA) is 50.4 Å². The number of aryl methyl sites for hydroxylation is 2. The van der Waals surface area contributed by atoms with Crippen LogP contribution in [-0.4, -0.2) is 19.2 Å². The standard InChI is InChI=1S/C20H26N2O2/c1-14(2)17-10-5-6-11-18(17)22-20(23)21-12-13-24-19-15(3)8-7-9-16(19)4/h5-11,14H,12-13H2,1-4H3,(H2,21,22,23). The van der Waals surface area contributed by atoms with Crippen molar-refractivity contribution in [3.05, 3.63) is 59.2 Å². The average Bonchev–Trinajstić information content (AvgIpc) is 2.54. The minimum absolute atomic E-state index is 0.215. The average molecular weight is 326 g/mol. The molecule has 2 rings (SSSR count). The highest BCUT2D eigenvalue weighted by Gasteiger charge is 2.09.